The van der Waals surface area contributed by atoms with E-state index in [0.29, 0.717) is 36.5 Å². The summed E-state index contributed by atoms with van der Waals surface area (Å²) in [7, 11) is 3.73. The van der Waals surface area contributed by atoms with Crippen LogP contribution < -0.4 is 15.1 Å². The number of hydrogen-bond acceptors (Lipinski definition) is 9. The van der Waals surface area contributed by atoms with Gasteiger partial charge in [0.25, 0.3) is 0 Å². The highest BCUT2D eigenvalue weighted by Crippen LogP contribution is 2.44. The van der Waals surface area contributed by atoms with Crippen LogP contribution in [0.1, 0.15) is 38.2 Å². The number of piperidine rings is 1. The number of fused-ring (bicyclic) bond motifs is 1. The number of likely N-dealkylation sites (N-methyl/N-ethyl adjacent to an activating group) is 1. The third-order valence-corrected chi connectivity index (χ3v) is 8.13. The molecule has 0 radical (unpaired) electrons. The summed E-state index contributed by atoms with van der Waals surface area (Å²) < 4.78 is 19.7. The molecular formula is C27H35FN8O. The Morgan fingerprint density at radius 1 is 1.11 bits per heavy atom. The molecule has 3 saturated heterocycles. The van der Waals surface area contributed by atoms with Crippen LogP contribution in [0.5, 0.6) is 0 Å². The minimum atomic E-state index is -1.07. The number of anilines is 4. The molecule has 2 atom stereocenters. The Kier molecular flexibility index (Phi) is 6.11. The molecule has 0 aromatic carbocycles. The number of nitrogens with one attached hydrogen (secondary N) is 1. The van der Waals surface area contributed by atoms with Crippen molar-refractivity contribution in [2.45, 2.75) is 50.4 Å². The molecule has 0 amide bonds. The van der Waals surface area contributed by atoms with Crippen LogP contribution in [-0.2, 0) is 4.74 Å². The molecular weight excluding hydrogens is 471 g/mol. The molecule has 196 valence electrons. The van der Waals surface area contributed by atoms with E-state index in [-0.39, 0.29) is 18.2 Å². The van der Waals surface area contributed by atoms with E-state index < -0.39 is 6.17 Å². The zero-order chi connectivity index (χ0) is 25.7. The molecule has 1 spiro atoms. The quantitative estimate of drug-likeness (QED) is 0.538. The Morgan fingerprint density at radius 3 is 2.62 bits per heavy atom. The van der Waals surface area contributed by atoms with Gasteiger partial charge in [0, 0.05) is 57.3 Å². The van der Waals surface area contributed by atoms with Gasteiger partial charge >= 0.3 is 0 Å². The Labute approximate surface area is 217 Å². The van der Waals surface area contributed by atoms with Crippen LogP contribution in [0.15, 0.2) is 30.7 Å². The van der Waals surface area contributed by atoms with Crippen LogP contribution in [-0.4, -0.2) is 89.5 Å². The molecule has 2 unspecified atom stereocenters. The maximum Gasteiger partial charge on any atom is 0.227 e. The van der Waals surface area contributed by atoms with Crippen molar-refractivity contribution in [2.24, 2.45) is 0 Å². The van der Waals surface area contributed by atoms with Crippen molar-refractivity contribution in [3.8, 4) is 0 Å². The number of halogens is 1. The second-order valence-corrected chi connectivity index (χ2v) is 11.0. The van der Waals surface area contributed by atoms with Gasteiger partial charge in [0.1, 0.15) is 23.6 Å². The van der Waals surface area contributed by atoms with Gasteiger partial charge in [0.2, 0.25) is 5.95 Å². The average molecular weight is 507 g/mol. The normalized spacial score (nSPS) is 23.4. The van der Waals surface area contributed by atoms with E-state index in [0.717, 1.165) is 36.2 Å². The fourth-order valence-electron chi connectivity index (χ4n) is 6.08. The summed E-state index contributed by atoms with van der Waals surface area (Å²) in [5, 5.41) is 5.59. The topological polar surface area (TPSA) is 82.5 Å². The molecule has 9 nitrogen and oxygen atoms in total. The maximum atomic E-state index is 14.4. The summed E-state index contributed by atoms with van der Waals surface area (Å²) >= 11 is 0. The summed E-state index contributed by atoms with van der Waals surface area (Å²) in [5.41, 5.74) is 1.42. The molecule has 37 heavy (non-hydrogen) atoms. The van der Waals surface area contributed by atoms with Crippen LogP contribution in [0.25, 0.3) is 10.8 Å². The summed E-state index contributed by atoms with van der Waals surface area (Å²) in [6.07, 6.45) is 6.04. The van der Waals surface area contributed by atoms with Gasteiger partial charge in [-0.2, -0.15) is 4.98 Å². The van der Waals surface area contributed by atoms with Crippen molar-refractivity contribution in [1.82, 2.24) is 24.8 Å². The number of methoxy groups -OCH3 is 1. The maximum absolute atomic E-state index is 14.4. The number of aromatic nitrogens is 4. The Bertz CT molecular complexity index is 1300. The molecule has 0 bridgehead atoms. The summed E-state index contributed by atoms with van der Waals surface area (Å²) in [6.45, 7) is 8.45. The third-order valence-electron chi connectivity index (χ3n) is 8.13. The molecule has 10 heteroatoms. The van der Waals surface area contributed by atoms with Gasteiger partial charge in [-0.25, -0.2) is 19.3 Å². The van der Waals surface area contributed by atoms with Crippen LogP contribution >= 0.6 is 0 Å². The number of ether oxygens (including phenoxy) is 1. The Balaban J connectivity index is 1.28. The van der Waals surface area contributed by atoms with E-state index in [1.54, 1.807) is 13.3 Å². The molecule has 0 aliphatic carbocycles. The summed E-state index contributed by atoms with van der Waals surface area (Å²) in [4.78, 5) is 25.4. The number of likely N-dealkylation sites (tertiary alicyclic amines) is 1. The Morgan fingerprint density at radius 2 is 1.95 bits per heavy atom. The van der Waals surface area contributed by atoms with Crippen LogP contribution in [0, 0.1) is 0 Å². The van der Waals surface area contributed by atoms with Gasteiger partial charge in [-0.1, -0.05) is 13.8 Å². The van der Waals surface area contributed by atoms with Gasteiger partial charge < -0.3 is 24.8 Å². The lowest BCUT2D eigenvalue weighted by molar-refractivity contribution is 0.0194. The standard InChI is InChI=1S/C27H35FN8O/c1-17(2)19-12-31-25(36-10-7-27(36)15-34(3)16-27)20-13-30-24(11-18(19)20)32-23-5-8-29-26(33-23)35-9-6-22(37-4)21(28)14-35/h5,8,11-13,17,21-22H,6-7,9-10,14-16H2,1-4H3,(H,29,30,32,33). The van der Waals surface area contributed by atoms with Crippen molar-refractivity contribution in [2.75, 3.05) is 62.0 Å². The zero-order valence-corrected chi connectivity index (χ0v) is 22.0. The van der Waals surface area contributed by atoms with Crippen LogP contribution in [0.4, 0.5) is 27.8 Å². The van der Waals surface area contributed by atoms with Crippen LogP contribution in [0.2, 0.25) is 0 Å². The molecule has 6 rings (SSSR count). The number of hydrogen-bond donors (Lipinski definition) is 1. The lowest BCUT2D eigenvalue weighted by Crippen LogP contribution is -2.76. The average Bonchev–Trinajstić information content (AvgIpc) is 2.86. The molecule has 3 fully saturated rings. The second kappa shape index (κ2) is 9.33. The smallest absolute Gasteiger partial charge is 0.227 e. The minimum absolute atomic E-state index is 0.220. The molecule has 3 aliphatic rings. The van der Waals surface area contributed by atoms with E-state index in [1.807, 2.05) is 23.4 Å². The predicted molar refractivity (Wildman–Crippen MR) is 144 cm³/mol. The van der Waals surface area contributed by atoms with E-state index in [4.69, 9.17) is 14.7 Å². The molecule has 0 saturated carbocycles. The molecule has 3 aromatic rings. The molecule has 3 aliphatic heterocycles. The van der Waals surface area contributed by atoms with Crippen molar-refractivity contribution in [1.29, 1.82) is 0 Å². The van der Waals surface area contributed by atoms with Crippen molar-refractivity contribution in [3.05, 3.63) is 36.3 Å². The summed E-state index contributed by atoms with van der Waals surface area (Å²) in [6, 6.07) is 3.90. The van der Waals surface area contributed by atoms with Gasteiger partial charge in [0.15, 0.2) is 0 Å². The fraction of sp³-hybridized carbons (Fsp3) is 0.556. The molecule has 3 aromatic heterocycles. The first kappa shape index (κ1) is 24.2. The van der Waals surface area contributed by atoms with E-state index >= 15 is 0 Å². The SMILES string of the molecule is COC1CCN(c2nccc(Nc3cc4c(C(C)C)cnc(N5CCC56CN(C)C6)c4cn3)n2)CC1F. The highest BCUT2D eigenvalue weighted by Gasteiger charge is 2.53. The number of rotatable bonds is 6. The predicted octanol–water partition coefficient (Wildman–Crippen LogP) is 3.74. The van der Waals surface area contributed by atoms with E-state index in [9.17, 15) is 4.39 Å². The number of nitrogens with zero attached hydrogens (tertiary/aromatic N) is 7. The monoisotopic (exact) mass is 506 g/mol. The number of alkyl halides is 1. The fourth-order valence-corrected chi connectivity index (χ4v) is 6.08. The minimum Gasteiger partial charge on any atom is -0.378 e. The first-order valence-corrected chi connectivity index (χ1v) is 13.1. The van der Waals surface area contributed by atoms with Crippen molar-refractivity contribution in [3.63, 3.8) is 0 Å². The van der Waals surface area contributed by atoms with Gasteiger partial charge in [-0.15, -0.1) is 0 Å². The van der Waals surface area contributed by atoms with Gasteiger partial charge in [-0.05, 0) is 48.9 Å². The lowest BCUT2D eigenvalue weighted by Gasteiger charge is -2.62. The van der Waals surface area contributed by atoms with Crippen molar-refractivity contribution < 1.29 is 9.13 Å². The molecule has 1 N–H and O–H groups in total. The first-order valence-electron chi connectivity index (χ1n) is 13.1. The highest BCUT2D eigenvalue weighted by molar-refractivity contribution is 5.96. The lowest BCUT2D eigenvalue weighted by atomic mass is 9.77. The van der Waals surface area contributed by atoms with E-state index in [1.165, 1.54) is 12.0 Å². The second-order valence-electron chi connectivity index (χ2n) is 11.0. The van der Waals surface area contributed by atoms with Crippen molar-refractivity contribution >= 4 is 34.2 Å². The highest BCUT2D eigenvalue weighted by atomic mass is 19.1. The largest absolute Gasteiger partial charge is 0.378 e. The Hall–Kier alpha value is -3.11. The van der Waals surface area contributed by atoms with Gasteiger partial charge in [0.05, 0.1) is 18.2 Å². The third kappa shape index (κ3) is 4.25. The first-order chi connectivity index (χ1) is 17.9. The number of pyridine rings is 2. The van der Waals surface area contributed by atoms with E-state index in [2.05, 4.69) is 52.0 Å². The van der Waals surface area contributed by atoms with Crippen LogP contribution in [0.3, 0.4) is 0 Å². The zero-order valence-electron chi connectivity index (χ0n) is 22.0. The summed E-state index contributed by atoms with van der Waals surface area (Å²) in [5.74, 6) is 3.20. The molecule has 6 heterocycles. The van der Waals surface area contributed by atoms with Gasteiger partial charge in [-0.3, -0.25) is 0 Å².